The summed E-state index contributed by atoms with van der Waals surface area (Å²) in [5.74, 6) is 1.62. The Kier molecular flexibility index (Phi) is 3.91. The van der Waals surface area contributed by atoms with Gasteiger partial charge in [-0.1, -0.05) is 0 Å². The molecule has 7 heteroatoms. The van der Waals surface area contributed by atoms with E-state index in [4.69, 9.17) is 0 Å². The Bertz CT molecular complexity index is 501. The molecular weight excluding hydrogens is 266 g/mol. The fraction of sp³-hybridized carbons (Fsp3) is 0.583. The molecule has 2 aliphatic rings. The Morgan fingerprint density at radius 2 is 1.89 bits per heavy atom. The van der Waals surface area contributed by atoms with Crippen LogP contribution in [-0.2, 0) is 11.2 Å². The third kappa shape index (κ3) is 2.37. The molecule has 1 N–H and O–H groups in total. The van der Waals surface area contributed by atoms with Crippen molar-refractivity contribution in [2.75, 3.05) is 43.0 Å². The monoisotopic (exact) mass is 283 g/mol. The van der Waals surface area contributed by atoms with Gasteiger partial charge in [0.1, 0.15) is 5.82 Å². The van der Waals surface area contributed by atoms with Gasteiger partial charge in [0.05, 0.1) is 6.42 Å². The third-order valence-corrected chi connectivity index (χ3v) is 3.60. The van der Waals surface area contributed by atoms with Crippen LogP contribution in [0.4, 0.5) is 11.8 Å². The third-order valence-electron chi connectivity index (χ3n) is 3.60. The van der Waals surface area contributed by atoms with Crippen molar-refractivity contribution < 1.29 is 4.79 Å². The highest BCUT2D eigenvalue weighted by Crippen LogP contribution is 2.29. The quantitative estimate of drug-likeness (QED) is 0.794. The maximum Gasteiger partial charge on any atom is 0.232 e. The molecule has 0 bridgehead atoms. The normalized spacial score (nSPS) is 18.3. The standard InChI is InChI=1S/C12H17N5O.ClH/c1-8-9-7-10(18)16(2)11(9)15-12(14-8)17-5-3-13-4-6-17;/h13H,3-7H2,1-2H3;1H. The maximum absolute atomic E-state index is 11.7. The van der Waals surface area contributed by atoms with Crippen molar-refractivity contribution in [2.24, 2.45) is 0 Å². The van der Waals surface area contributed by atoms with Crippen LogP contribution in [0.2, 0.25) is 0 Å². The van der Waals surface area contributed by atoms with Crippen molar-refractivity contribution in [3.8, 4) is 0 Å². The molecule has 1 fully saturated rings. The molecule has 0 unspecified atom stereocenters. The van der Waals surface area contributed by atoms with Crippen molar-refractivity contribution in [3.63, 3.8) is 0 Å². The average Bonchev–Trinajstić information content (AvgIpc) is 2.68. The van der Waals surface area contributed by atoms with Crippen molar-refractivity contribution >= 4 is 30.1 Å². The van der Waals surface area contributed by atoms with Gasteiger partial charge in [0.2, 0.25) is 11.9 Å². The number of hydrogen-bond donors (Lipinski definition) is 1. The van der Waals surface area contributed by atoms with Crippen LogP contribution in [0.25, 0.3) is 0 Å². The highest BCUT2D eigenvalue weighted by Gasteiger charge is 2.29. The summed E-state index contributed by atoms with van der Waals surface area (Å²) in [5.41, 5.74) is 1.90. The number of carbonyl (C=O) groups is 1. The van der Waals surface area contributed by atoms with Crippen molar-refractivity contribution in [1.29, 1.82) is 0 Å². The van der Waals surface area contributed by atoms with Crippen LogP contribution in [0.5, 0.6) is 0 Å². The first-order valence-electron chi connectivity index (χ1n) is 6.26. The number of aryl methyl sites for hydroxylation is 1. The highest BCUT2D eigenvalue weighted by molar-refractivity contribution is 6.00. The Labute approximate surface area is 118 Å². The Morgan fingerprint density at radius 3 is 2.58 bits per heavy atom. The van der Waals surface area contributed by atoms with Crippen molar-refractivity contribution in [2.45, 2.75) is 13.3 Å². The molecule has 0 aliphatic carbocycles. The van der Waals surface area contributed by atoms with E-state index in [1.165, 1.54) is 0 Å². The van der Waals surface area contributed by atoms with Crippen molar-refractivity contribution in [1.82, 2.24) is 15.3 Å². The number of piperazine rings is 1. The average molecular weight is 284 g/mol. The fourth-order valence-electron chi connectivity index (χ4n) is 2.45. The number of nitrogens with zero attached hydrogens (tertiary/aromatic N) is 4. The minimum absolute atomic E-state index is 0. The molecule has 19 heavy (non-hydrogen) atoms. The summed E-state index contributed by atoms with van der Waals surface area (Å²) < 4.78 is 0. The summed E-state index contributed by atoms with van der Waals surface area (Å²) >= 11 is 0. The minimum Gasteiger partial charge on any atom is -0.338 e. The molecule has 3 heterocycles. The van der Waals surface area contributed by atoms with Gasteiger partial charge >= 0.3 is 0 Å². The molecule has 0 radical (unpaired) electrons. The number of nitrogens with one attached hydrogen (secondary N) is 1. The number of aromatic nitrogens is 2. The lowest BCUT2D eigenvalue weighted by Crippen LogP contribution is -2.44. The number of rotatable bonds is 1. The first kappa shape index (κ1) is 14.0. The zero-order valence-corrected chi connectivity index (χ0v) is 12.0. The second kappa shape index (κ2) is 5.30. The van der Waals surface area contributed by atoms with E-state index >= 15 is 0 Å². The van der Waals surface area contributed by atoms with Gasteiger partial charge in [0.15, 0.2) is 0 Å². The summed E-state index contributed by atoms with van der Waals surface area (Å²) in [6.07, 6.45) is 0.430. The van der Waals surface area contributed by atoms with Gasteiger partial charge in [-0.2, -0.15) is 4.98 Å². The largest absolute Gasteiger partial charge is 0.338 e. The SMILES string of the molecule is Cc1nc(N2CCNCC2)nc2c1CC(=O)N2C.Cl. The van der Waals surface area contributed by atoms with E-state index in [9.17, 15) is 4.79 Å². The summed E-state index contributed by atoms with van der Waals surface area (Å²) in [7, 11) is 1.78. The van der Waals surface area contributed by atoms with E-state index < -0.39 is 0 Å². The van der Waals surface area contributed by atoms with Crippen LogP contribution < -0.4 is 15.1 Å². The number of likely N-dealkylation sites (N-methyl/N-ethyl adjacent to an activating group) is 1. The Hall–Kier alpha value is -1.40. The molecule has 6 nitrogen and oxygen atoms in total. The van der Waals surface area contributed by atoms with Crippen LogP contribution in [0.1, 0.15) is 11.3 Å². The van der Waals surface area contributed by atoms with Gasteiger partial charge in [-0.3, -0.25) is 9.69 Å². The van der Waals surface area contributed by atoms with Gasteiger partial charge in [0.25, 0.3) is 0 Å². The van der Waals surface area contributed by atoms with Crippen molar-refractivity contribution in [3.05, 3.63) is 11.3 Å². The number of carbonyl (C=O) groups excluding carboxylic acids is 1. The molecule has 3 rings (SSSR count). The number of halogens is 1. The van der Waals surface area contributed by atoms with Crippen LogP contribution >= 0.6 is 12.4 Å². The highest BCUT2D eigenvalue weighted by atomic mass is 35.5. The number of amides is 1. The smallest absolute Gasteiger partial charge is 0.232 e. The van der Waals surface area contributed by atoms with Crippen LogP contribution in [0, 0.1) is 6.92 Å². The molecule has 1 aromatic rings. The zero-order valence-electron chi connectivity index (χ0n) is 11.1. The zero-order chi connectivity index (χ0) is 12.7. The predicted octanol–water partition coefficient (Wildman–Crippen LogP) is 0.135. The van der Waals surface area contributed by atoms with E-state index in [1.54, 1.807) is 11.9 Å². The molecule has 0 aromatic carbocycles. The lowest BCUT2D eigenvalue weighted by molar-refractivity contribution is -0.117. The molecule has 1 aromatic heterocycles. The summed E-state index contributed by atoms with van der Waals surface area (Å²) in [6, 6.07) is 0. The Morgan fingerprint density at radius 1 is 1.21 bits per heavy atom. The van der Waals surface area contributed by atoms with Crippen LogP contribution in [0.15, 0.2) is 0 Å². The van der Waals surface area contributed by atoms with Gasteiger partial charge in [-0.15, -0.1) is 12.4 Å². The topological polar surface area (TPSA) is 61.4 Å². The predicted molar refractivity (Wildman–Crippen MR) is 76.2 cm³/mol. The summed E-state index contributed by atoms with van der Waals surface area (Å²) in [5, 5.41) is 3.31. The lowest BCUT2D eigenvalue weighted by Gasteiger charge is -2.28. The van der Waals surface area contributed by atoms with Crippen LogP contribution in [0.3, 0.4) is 0 Å². The molecule has 0 spiro atoms. The number of hydrogen-bond acceptors (Lipinski definition) is 5. The molecule has 1 saturated heterocycles. The Balaban J connectivity index is 0.00000133. The maximum atomic E-state index is 11.7. The first-order valence-corrected chi connectivity index (χ1v) is 6.26. The summed E-state index contributed by atoms with van der Waals surface area (Å²) in [4.78, 5) is 24.6. The number of fused-ring (bicyclic) bond motifs is 1. The molecule has 0 saturated carbocycles. The first-order chi connectivity index (χ1) is 8.66. The molecule has 2 aliphatic heterocycles. The lowest BCUT2D eigenvalue weighted by atomic mass is 10.2. The van der Waals surface area contributed by atoms with Gasteiger partial charge in [-0.25, -0.2) is 4.98 Å². The van der Waals surface area contributed by atoms with E-state index in [2.05, 4.69) is 20.2 Å². The van der Waals surface area contributed by atoms with Crippen LogP contribution in [-0.4, -0.2) is 49.1 Å². The second-order valence-electron chi connectivity index (χ2n) is 4.78. The second-order valence-corrected chi connectivity index (χ2v) is 4.78. The van der Waals surface area contributed by atoms with Gasteiger partial charge in [-0.05, 0) is 6.92 Å². The minimum atomic E-state index is 0. The van der Waals surface area contributed by atoms with E-state index in [0.29, 0.717) is 6.42 Å². The van der Waals surface area contributed by atoms with E-state index in [1.807, 2.05) is 6.92 Å². The summed E-state index contributed by atoms with van der Waals surface area (Å²) in [6.45, 7) is 5.69. The fourth-order valence-corrected chi connectivity index (χ4v) is 2.45. The van der Waals surface area contributed by atoms with E-state index in [-0.39, 0.29) is 18.3 Å². The molecule has 0 atom stereocenters. The van der Waals surface area contributed by atoms with Gasteiger partial charge < -0.3 is 10.2 Å². The molecule has 1 amide bonds. The molecular formula is C12H18ClN5O. The van der Waals surface area contributed by atoms with E-state index in [0.717, 1.165) is 49.2 Å². The van der Waals surface area contributed by atoms with Gasteiger partial charge in [0, 0.05) is 44.5 Å². The number of anilines is 2. The molecule has 104 valence electrons.